The minimum absolute atomic E-state index is 0.667. The van der Waals surface area contributed by atoms with Crippen molar-refractivity contribution in [3.8, 4) is 0 Å². The average molecular weight is 291 g/mol. The lowest BCUT2D eigenvalue weighted by Gasteiger charge is -2.13. The van der Waals surface area contributed by atoms with Crippen LogP contribution in [0.25, 0.3) is 0 Å². The Bertz CT molecular complexity index is 437. The molecule has 0 atom stereocenters. The van der Waals surface area contributed by atoms with Gasteiger partial charge >= 0.3 is 0 Å². The monoisotopic (exact) mass is 291 g/mol. The van der Waals surface area contributed by atoms with E-state index >= 15 is 0 Å². The van der Waals surface area contributed by atoms with Crippen molar-refractivity contribution in [2.75, 3.05) is 12.4 Å². The molecule has 2 saturated carbocycles. The number of hydrogen-bond donors (Lipinski definition) is 1. The highest BCUT2D eigenvalue weighted by molar-refractivity contribution is 7.99. The van der Waals surface area contributed by atoms with Gasteiger partial charge in [-0.3, -0.25) is 0 Å². The summed E-state index contributed by atoms with van der Waals surface area (Å²) in [7, 11) is 1.95. The molecule has 0 bridgehead atoms. The van der Waals surface area contributed by atoms with Gasteiger partial charge in [0.2, 0.25) is 0 Å². The van der Waals surface area contributed by atoms with Crippen LogP contribution in [0.2, 0.25) is 0 Å². The molecule has 2 fully saturated rings. The van der Waals surface area contributed by atoms with Crippen LogP contribution in [0.4, 0.5) is 5.82 Å². The number of anilines is 1. The zero-order valence-corrected chi connectivity index (χ0v) is 13.2. The molecule has 0 radical (unpaired) electrons. The van der Waals surface area contributed by atoms with Gasteiger partial charge in [-0.15, -0.1) is 0 Å². The quantitative estimate of drug-likeness (QED) is 0.875. The van der Waals surface area contributed by atoms with Crippen molar-refractivity contribution in [3.63, 3.8) is 0 Å². The van der Waals surface area contributed by atoms with Crippen LogP contribution in [0.5, 0.6) is 0 Å². The molecule has 2 aliphatic carbocycles. The highest BCUT2D eigenvalue weighted by atomic mass is 32.2. The molecule has 0 saturated heterocycles. The van der Waals surface area contributed by atoms with E-state index in [4.69, 9.17) is 4.98 Å². The molecule has 3 nitrogen and oxygen atoms in total. The summed E-state index contributed by atoms with van der Waals surface area (Å²) in [6.07, 6.45) is 10.9. The van der Waals surface area contributed by atoms with Gasteiger partial charge in [-0.2, -0.15) is 11.8 Å². The van der Waals surface area contributed by atoms with Crippen molar-refractivity contribution < 1.29 is 0 Å². The SMILES string of the molecule is CNc1cc(C2CCCC2)nc(CSC2CCCC2)n1. The smallest absolute Gasteiger partial charge is 0.140 e. The van der Waals surface area contributed by atoms with E-state index in [2.05, 4.69) is 28.1 Å². The van der Waals surface area contributed by atoms with Crippen LogP contribution < -0.4 is 5.32 Å². The maximum absolute atomic E-state index is 4.85. The number of rotatable bonds is 5. The second-order valence-corrected chi connectivity index (χ2v) is 7.33. The van der Waals surface area contributed by atoms with Crippen molar-refractivity contribution in [1.29, 1.82) is 0 Å². The summed E-state index contributed by atoms with van der Waals surface area (Å²) >= 11 is 2.05. The van der Waals surface area contributed by atoms with E-state index in [9.17, 15) is 0 Å². The Morgan fingerprint density at radius 2 is 1.80 bits per heavy atom. The van der Waals surface area contributed by atoms with E-state index in [-0.39, 0.29) is 0 Å². The lowest BCUT2D eigenvalue weighted by molar-refractivity contribution is 0.689. The molecule has 0 aliphatic heterocycles. The molecule has 3 rings (SSSR count). The lowest BCUT2D eigenvalue weighted by Crippen LogP contribution is -2.06. The summed E-state index contributed by atoms with van der Waals surface area (Å²) in [4.78, 5) is 9.49. The minimum atomic E-state index is 0.667. The Hall–Kier alpha value is -0.770. The zero-order chi connectivity index (χ0) is 13.8. The van der Waals surface area contributed by atoms with Gasteiger partial charge in [0, 0.05) is 30.0 Å². The second-order valence-electron chi connectivity index (χ2n) is 6.04. The molecule has 2 aliphatic rings. The largest absolute Gasteiger partial charge is 0.373 e. The van der Waals surface area contributed by atoms with Crippen LogP contribution in [0.15, 0.2) is 6.07 Å². The lowest BCUT2D eigenvalue weighted by atomic mass is 10.0. The summed E-state index contributed by atoms with van der Waals surface area (Å²) in [5.41, 5.74) is 1.27. The molecular weight excluding hydrogens is 266 g/mol. The fourth-order valence-corrected chi connectivity index (χ4v) is 4.57. The highest BCUT2D eigenvalue weighted by Gasteiger charge is 2.21. The van der Waals surface area contributed by atoms with Crippen LogP contribution in [0, 0.1) is 0 Å². The number of nitrogens with one attached hydrogen (secondary N) is 1. The van der Waals surface area contributed by atoms with E-state index < -0.39 is 0 Å². The Labute approximate surface area is 126 Å². The highest BCUT2D eigenvalue weighted by Crippen LogP contribution is 2.35. The normalized spacial score (nSPS) is 20.6. The first-order chi connectivity index (χ1) is 9.85. The fraction of sp³-hybridized carbons (Fsp3) is 0.750. The second kappa shape index (κ2) is 6.79. The summed E-state index contributed by atoms with van der Waals surface area (Å²) in [6, 6.07) is 2.15. The van der Waals surface area contributed by atoms with E-state index in [0.717, 1.165) is 22.6 Å². The van der Waals surface area contributed by atoms with Gasteiger partial charge in [0.1, 0.15) is 11.6 Å². The molecule has 110 valence electrons. The third-order valence-corrected chi connectivity index (χ3v) is 5.94. The zero-order valence-electron chi connectivity index (χ0n) is 12.4. The Kier molecular flexibility index (Phi) is 4.81. The van der Waals surface area contributed by atoms with Gasteiger partial charge in [0.05, 0.1) is 5.75 Å². The fourth-order valence-electron chi connectivity index (χ4n) is 3.39. The third-order valence-electron chi connectivity index (χ3n) is 4.57. The van der Waals surface area contributed by atoms with Gasteiger partial charge < -0.3 is 5.32 Å². The van der Waals surface area contributed by atoms with E-state index in [0.29, 0.717) is 5.92 Å². The maximum atomic E-state index is 4.85. The van der Waals surface area contributed by atoms with Gasteiger partial charge in [-0.25, -0.2) is 9.97 Å². The Morgan fingerprint density at radius 1 is 1.10 bits per heavy atom. The van der Waals surface area contributed by atoms with E-state index in [1.807, 2.05) is 7.05 Å². The molecule has 1 aromatic rings. The molecule has 20 heavy (non-hydrogen) atoms. The first-order valence-electron chi connectivity index (χ1n) is 8.02. The van der Waals surface area contributed by atoms with Crippen molar-refractivity contribution in [2.24, 2.45) is 0 Å². The van der Waals surface area contributed by atoms with Crippen molar-refractivity contribution in [3.05, 3.63) is 17.6 Å². The maximum Gasteiger partial charge on any atom is 0.140 e. The number of thioether (sulfide) groups is 1. The number of hydrogen-bond acceptors (Lipinski definition) is 4. The van der Waals surface area contributed by atoms with Crippen LogP contribution in [-0.4, -0.2) is 22.3 Å². The van der Waals surface area contributed by atoms with Crippen molar-refractivity contribution >= 4 is 17.6 Å². The van der Waals surface area contributed by atoms with Gasteiger partial charge in [0.15, 0.2) is 0 Å². The number of nitrogens with zero attached hydrogens (tertiary/aromatic N) is 2. The summed E-state index contributed by atoms with van der Waals surface area (Å²) in [5.74, 6) is 3.65. The molecule has 4 heteroatoms. The molecule has 0 spiro atoms. The summed E-state index contributed by atoms with van der Waals surface area (Å²) < 4.78 is 0. The predicted molar refractivity (Wildman–Crippen MR) is 86.3 cm³/mol. The van der Waals surface area contributed by atoms with Crippen LogP contribution >= 0.6 is 11.8 Å². The minimum Gasteiger partial charge on any atom is -0.373 e. The topological polar surface area (TPSA) is 37.8 Å². The van der Waals surface area contributed by atoms with Crippen molar-refractivity contribution in [2.45, 2.75) is 68.3 Å². The first kappa shape index (κ1) is 14.2. The van der Waals surface area contributed by atoms with Crippen LogP contribution in [-0.2, 0) is 5.75 Å². The summed E-state index contributed by atoms with van der Waals surface area (Å²) in [6.45, 7) is 0. The molecule has 1 heterocycles. The summed E-state index contributed by atoms with van der Waals surface area (Å²) in [5, 5.41) is 4.04. The molecule has 0 amide bonds. The van der Waals surface area contributed by atoms with Gasteiger partial charge in [-0.05, 0) is 25.7 Å². The standard InChI is InChI=1S/C16H25N3S/c1-17-15-10-14(12-6-2-3-7-12)18-16(19-15)11-20-13-8-4-5-9-13/h10,12-13H,2-9,11H2,1H3,(H,17,18,19). The van der Waals surface area contributed by atoms with E-state index in [1.54, 1.807) is 0 Å². The Morgan fingerprint density at radius 3 is 2.50 bits per heavy atom. The first-order valence-corrected chi connectivity index (χ1v) is 9.07. The van der Waals surface area contributed by atoms with Crippen LogP contribution in [0.1, 0.15) is 68.8 Å². The molecule has 1 N–H and O–H groups in total. The van der Waals surface area contributed by atoms with Crippen molar-refractivity contribution in [1.82, 2.24) is 9.97 Å². The number of aromatic nitrogens is 2. The van der Waals surface area contributed by atoms with E-state index in [1.165, 1.54) is 57.1 Å². The average Bonchev–Trinajstić information content (AvgIpc) is 3.17. The Balaban J connectivity index is 1.69. The van der Waals surface area contributed by atoms with Gasteiger partial charge in [0.25, 0.3) is 0 Å². The van der Waals surface area contributed by atoms with Crippen LogP contribution in [0.3, 0.4) is 0 Å². The molecule has 0 unspecified atom stereocenters. The van der Waals surface area contributed by atoms with Gasteiger partial charge in [-0.1, -0.05) is 25.7 Å². The molecule has 0 aromatic carbocycles. The molecule has 1 aromatic heterocycles. The third kappa shape index (κ3) is 3.46. The predicted octanol–water partition coefficient (Wildman–Crippen LogP) is 4.35. The molecular formula is C16H25N3S.